The number of carbonyl (C=O) groups excluding carboxylic acids is 4. The van der Waals surface area contributed by atoms with E-state index in [2.05, 4.69) is 5.43 Å². The van der Waals surface area contributed by atoms with Crippen molar-refractivity contribution in [2.24, 2.45) is 23.7 Å². The number of hydrogen-bond donors (Lipinski definition) is 2. The van der Waals surface area contributed by atoms with Gasteiger partial charge in [0.2, 0.25) is 11.8 Å². The van der Waals surface area contributed by atoms with Gasteiger partial charge < -0.3 is 9.84 Å². The molecule has 10 heteroatoms. The van der Waals surface area contributed by atoms with Crippen LogP contribution < -0.4 is 15.1 Å². The van der Waals surface area contributed by atoms with Crippen LogP contribution in [-0.4, -0.2) is 40.4 Å². The Labute approximate surface area is 300 Å². The summed E-state index contributed by atoms with van der Waals surface area (Å²) in [4.78, 5) is 59.8. The molecule has 9 nitrogen and oxygen atoms in total. The van der Waals surface area contributed by atoms with Crippen molar-refractivity contribution in [3.8, 4) is 11.5 Å². The van der Waals surface area contributed by atoms with Crippen LogP contribution in [0.25, 0.3) is 0 Å². The Kier molecular flexibility index (Phi) is 7.98. The quantitative estimate of drug-likeness (QED) is 0.158. The number of halogens is 1. The normalized spacial score (nSPS) is 26.8. The highest BCUT2D eigenvalue weighted by molar-refractivity contribution is 6.31. The number of carbonyl (C=O) groups is 4. The number of anilines is 2. The van der Waals surface area contributed by atoms with E-state index in [4.69, 9.17) is 16.3 Å². The fourth-order valence-electron chi connectivity index (χ4n) is 8.95. The maximum absolute atomic E-state index is 15.3. The first-order valence-electron chi connectivity index (χ1n) is 17.2. The van der Waals surface area contributed by atoms with Gasteiger partial charge in [-0.2, -0.15) is 5.01 Å². The van der Waals surface area contributed by atoms with E-state index in [0.29, 0.717) is 40.6 Å². The molecule has 0 spiro atoms. The fraction of sp³-hybridized carbons (Fsp3) is 0.268. The van der Waals surface area contributed by atoms with Gasteiger partial charge in [0.15, 0.2) is 11.5 Å². The van der Waals surface area contributed by atoms with E-state index in [9.17, 15) is 19.5 Å². The molecule has 1 saturated carbocycles. The molecule has 4 aromatic carbocycles. The molecule has 0 aromatic heterocycles. The molecule has 8 rings (SSSR count). The Morgan fingerprint density at radius 3 is 2.31 bits per heavy atom. The highest BCUT2D eigenvalue weighted by Crippen LogP contribution is 2.64. The molecule has 258 valence electrons. The van der Waals surface area contributed by atoms with Gasteiger partial charge in [-0.3, -0.25) is 29.5 Å². The van der Waals surface area contributed by atoms with Crippen molar-refractivity contribution in [1.82, 2.24) is 5.01 Å². The molecule has 0 radical (unpaired) electrons. The van der Waals surface area contributed by atoms with Crippen molar-refractivity contribution in [2.75, 3.05) is 16.9 Å². The number of nitrogens with zero attached hydrogens (tertiary/aromatic N) is 2. The number of aryl methyl sites for hydroxylation is 1. The molecule has 0 unspecified atom stereocenters. The Balaban J connectivity index is 1.32. The minimum Gasteiger partial charge on any atom is -0.504 e. The van der Waals surface area contributed by atoms with Crippen LogP contribution in [0.1, 0.15) is 42.4 Å². The molecular weight excluding hydrogens is 666 g/mol. The van der Waals surface area contributed by atoms with E-state index in [1.807, 2.05) is 74.5 Å². The first-order chi connectivity index (χ1) is 24.6. The van der Waals surface area contributed by atoms with Crippen LogP contribution in [0.2, 0.25) is 5.02 Å². The summed E-state index contributed by atoms with van der Waals surface area (Å²) >= 11 is 6.14. The van der Waals surface area contributed by atoms with Gasteiger partial charge in [-0.25, -0.2) is 0 Å². The van der Waals surface area contributed by atoms with Crippen LogP contribution in [0.15, 0.2) is 109 Å². The van der Waals surface area contributed by atoms with Crippen molar-refractivity contribution in [3.05, 3.63) is 130 Å². The van der Waals surface area contributed by atoms with Gasteiger partial charge in [0.1, 0.15) is 0 Å². The zero-order chi connectivity index (χ0) is 35.6. The molecule has 3 fully saturated rings. The first kappa shape index (κ1) is 32.8. The summed E-state index contributed by atoms with van der Waals surface area (Å²) in [7, 11) is 0. The molecular formula is C41H36ClN3O6. The summed E-state index contributed by atoms with van der Waals surface area (Å²) < 4.78 is 5.82. The average molecular weight is 702 g/mol. The van der Waals surface area contributed by atoms with Crippen LogP contribution in [0.4, 0.5) is 11.4 Å². The maximum atomic E-state index is 15.3. The smallest absolute Gasteiger partial charge is 0.260 e. The Morgan fingerprint density at radius 1 is 0.882 bits per heavy atom. The molecule has 2 heterocycles. The van der Waals surface area contributed by atoms with Gasteiger partial charge in [0.05, 0.1) is 41.2 Å². The zero-order valence-electron chi connectivity index (χ0n) is 28.1. The summed E-state index contributed by atoms with van der Waals surface area (Å²) in [5.41, 5.74) is 5.88. The third-order valence-electron chi connectivity index (χ3n) is 11.1. The topological polar surface area (TPSA) is 116 Å². The lowest BCUT2D eigenvalue weighted by Gasteiger charge is -2.50. The third kappa shape index (κ3) is 4.97. The Morgan fingerprint density at radius 2 is 1.61 bits per heavy atom. The van der Waals surface area contributed by atoms with E-state index in [1.54, 1.807) is 42.5 Å². The minimum atomic E-state index is -1.42. The maximum Gasteiger partial charge on any atom is 0.260 e. The van der Waals surface area contributed by atoms with Crippen molar-refractivity contribution >= 4 is 46.6 Å². The lowest BCUT2D eigenvalue weighted by atomic mass is 9.49. The summed E-state index contributed by atoms with van der Waals surface area (Å²) in [5.74, 6) is -4.78. The van der Waals surface area contributed by atoms with Crippen LogP contribution >= 0.6 is 11.6 Å². The highest BCUT2D eigenvalue weighted by Gasteiger charge is 2.70. The van der Waals surface area contributed by atoms with Gasteiger partial charge in [-0.1, -0.05) is 77.3 Å². The van der Waals surface area contributed by atoms with Crippen molar-refractivity contribution in [2.45, 2.75) is 38.0 Å². The molecule has 0 bridgehead atoms. The second kappa shape index (κ2) is 12.4. The second-order valence-corrected chi connectivity index (χ2v) is 14.2. The van der Waals surface area contributed by atoms with E-state index in [1.165, 1.54) is 4.90 Å². The molecule has 51 heavy (non-hydrogen) atoms. The van der Waals surface area contributed by atoms with Crippen LogP contribution in [0.3, 0.4) is 0 Å². The van der Waals surface area contributed by atoms with E-state index in [0.717, 1.165) is 16.1 Å². The van der Waals surface area contributed by atoms with Gasteiger partial charge in [0, 0.05) is 10.9 Å². The Hall–Kier alpha value is -5.41. The average Bonchev–Trinajstić information content (AvgIpc) is 3.52. The van der Waals surface area contributed by atoms with Gasteiger partial charge in [-0.15, -0.1) is 0 Å². The number of benzene rings is 4. The second-order valence-electron chi connectivity index (χ2n) is 13.7. The third-order valence-corrected chi connectivity index (χ3v) is 11.3. The fourth-order valence-corrected chi connectivity index (χ4v) is 9.07. The standard InChI is InChI=1S/C41H36ClN3O6/c1-3-51-34-21-24(11-20-33(34)46)36-29-18-19-30-35(39(49)44(37(30)47)28-16-12-26(42)13-17-28)31(29)22-32-38(48)45(43-27-14-9-23(2)10-15-27)40(50)41(32,36)25-7-5-4-6-8-25/h4-18,20-21,30-32,35-36,43,46H,3,19,22H2,1-2H3/t30-,31+,32-,35-,36-,41+/m0/s1. The first-order valence-corrected chi connectivity index (χ1v) is 17.6. The number of phenols is 1. The van der Waals surface area contributed by atoms with Crippen molar-refractivity contribution in [3.63, 3.8) is 0 Å². The minimum absolute atomic E-state index is 0.0531. The van der Waals surface area contributed by atoms with Crippen LogP contribution in [0.5, 0.6) is 11.5 Å². The molecule has 6 atom stereocenters. The summed E-state index contributed by atoms with van der Waals surface area (Å²) in [6, 6.07) is 28.4. The highest BCUT2D eigenvalue weighted by atomic mass is 35.5. The number of hydrazine groups is 1. The number of imide groups is 2. The Bertz CT molecular complexity index is 2100. The van der Waals surface area contributed by atoms with E-state index >= 15 is 4.79 Å². The molecule has 2 saturated heterocycles. The van der Waals surface area contributed by atoms with Gasteiger partial charge >= 0.3 is 0 Å². The number of rotatable bonds is 7. The lowest BCUT2D eigenvalue weighted by Crippen LogP contribution is -2.53. The number of allylic oxidation sites excluding steroid dienone is 2. The lowest BCUT2D eigenvalue weighted by molar-refractivity contribution is -0.138. The molecule has 2 N–H and O–H groups in total. The molecule has 2 aliphatic carbocycles. The summed E-state index contributed by atoms with van der Waals surface area (Å²) in [6.07, 6.45) is 2.48. The summed E-state index contributed by atoms with van der Waals surface area (Å²) in [5, 5.41) is 12.4. The summed E-state index contributed by atoms with van der Waals surface area (Å²) in [6.45, 7) is 4.07. The largest absolute Gasteiger partial charge is 0.504 e. The molecule has 4 amide bonds. The van der Waals surface area contributed by atoms with Crippen LogP contribution in [0, 0.1) is 30.6 Å². The zero-order valence-corrected chi connectivity index (χ0v) is 28.8. The SMILES string of the molecule is CCOc1cc([C@H]2C3=CC[C@@H]4C(=O)N(c5ccc(Cl)cc5)C(=O)[C@@H]4[C@@H]3C[C@H]3C(=O)N(Nc4ccc(C)cc4)C(=O)[C@@]23c2ccccc2)ccc1O. The number of fused-ring (bicyclic) bond motifs is 4. The number of nitrogens with one attached hydrogen (secondary N) is 1. The van der Waals surface area contributed by atoms with Crippen molar-refractivity contribution in [1.29, 1.82) is 0 Å². The monoisotopic (exact) mass is 701 g/mol. The predicted octanol–water partition coefficient (Wildman–Crippen LogP) is 6.94. The van der Waals surface area contributed by atoms with E-state index in [-0.39, 0.29) is 29.7 Å². The van der Waals surface area contributed by atoms with Gasteiger partial charge in [0.25, 0.3) is 11.8 Å². The number of hydrogen-bond acceptors (Lipinski definition) is 7. The molecule has 4 aromatic rings. The predicted molar refractivity (Wildman–Crippen MR) is 192 cm³/mol. The van der Waals surface area contributed by atoms with Crippen LogP contribution in [-0.2, 0) is 24.6 Å². The number of phenolic OH excluding ortho intramolecular Hbond substituents is 1. The van der Waals surface area contributed by atoms with E-state index < -0.39 is 46.8 Å². The molecule has 2 aliphatic heterocycles. The molecule has 4 aliphatic rings. The number of amides is 4. The number of ether oxygens (including phenoxy) is 1. The van der Waals surface area contributed by atoms with Gasteiger partial charge in [-0.05, 0) is 92.3 Å². The van der Waals surface area contributed by atoms with Crippen molar-refractivity contribution < 1.29 is 29.0 Å². The number of aromatic hydroxyl groups is 1.